The van der Waals surface area contributed by atoms with Crippen molar-refractivity contribution in [3.63, 3.8) is 0 Å². The topological polar surface area (TPSA) is 191 Å². The molecule has 4 atom stereocenters. The standard InChI is InChI=1S/C30H39N3O9/c1-32(2)18-13-14(9-7-6-8-10-19(34)42-5)24(35)21-16(18)11-15-12-17-23(33(3)4)26(37)22(29(31)40)28(39)30(17,41)27(38)20(15)25(21)36/h13,15,17,23,35-36,39,41H,6-12H2,1-5H3,(H2,31,40). The molecule has 1 fully saturated rings. The average Bonchev–Trinajstić information content (AvgIpc) is 2.90. The largest absolute Gasteiger partial charge is 0.508 e. The maximum Gasteiger partial charge on any atom is 0.305 e. The lowest BCUT2D eigenvalue weighted by Crippen LogP contribution is -2.65. The van der Waals surface area contributed by atoms with Gasteiger partial charge in [0, 0.05) is 37.7 Å². The highest BCUT2D eigenvalue weighted by molar-refractivity contribution is 6.24. The number of hydrogen-bond acceptors (Lipinski definition) is 11. The van der Waals surface area contributed by atoms with Crippen LogP contribution in [0.1, 0.15) is 48.8 Å². The summed E-state index contributed by atoms with van der Waals surface area (Å²) in [6.45, 7) is 0. The van der Waals surface area contributed by atoms with Crippen molar-refractivity contribution in [1.29, 1.82) is 0 Å². The van der Waals surface area contributed by atoms with Crippen LogP contribution in [0.3, 0.4) is 0 Å². The van der Waals surface area contributed by atoms with Crippen LogP contribution >= 0.6 is 0 Å². The number of esters is 1. The number of amides is 1. The maximum absolute atomic E-state index is 14.1. The van der Waals surface area contributed by atoms with Crippen LogP contribution in [0.5, 0.6) is 5.75 Å². The molecule has 0 heterocycles. The molecule has 3 aliphatic rings. The molecule has 12 heteroatoms. The number of ketones is 2. The number of carbonyl (C=O) groups excluding carboxylic acids is 4. The number of carbonyl (C=O) groups is 4. The van der Waals surface area contributed by atoms with E-state index in [-0.39, 0.29) is 42.1 Å². The molecule has 0 spiro atoms. The monoisotopic (exact) mass is 585 g/mol. The zero-order valence-corrected chi connectivity index (χ0v) is 24.6. The summed E-state index contributed by atoms with van der Waals surface area (Å²) in [5, 5.41) is 45.7. The quantitative estimate of drug-likeness (QED) is 0.159. The number of nitrogens with two attached hydrogens (primary N) is 1. The highest BCUT2D eigenvalue weighted by atomic mass is 16.5. The Hall–Kier alpha value is -3.90. The summed E-state index contributed by atoms with van der Waals surface area (Å²) in [6, 6.07) is 0.708. The molecule has 0 aliphatic heterocycles. The van der Waals surface area contributed by atoms with Crippen molar-refractivity contribution in [1.82, 2.24) is 4.90 Å². The zero-order chi connectivity index (χ0) is 31.3. The van der Waals surface area contributed by atoms with Crippen LogP contribution < -0.4 is 10.6 Å². The van der Waals surface area contributed by atoms with Crippen molar-refractivity contribution < 1.29 is 44.3 Å². The van der Waals surface area contributed by atoms with Gasteiger partial charge in [-0.3, -0.25) is 24.1 Å². The Morgan fingerprint density at radius 1 is 1.10 bits per heavy atom. The van der Waals surface area contributed by atoms with Crippen molar-refractivity contribution >= 4 is 34.9 Å². The van der Waals surface area contributed by atoms with Gasteiger partial charge in [0.15, 0.2) is 11.4 Å². The number of Topliss-reactive ketones (excluding diaryl/α,β-unsaturated/α-hetero) is 2. The first-order valence-electron chi connectivity index (χ1n) is 13.9. The fourth-order valence-corrected chi connectivity index (χ4v) is 6.80. The van der Waals surface area contributed by atoms with Gasteiger partial charge < -0.3 is 35.8 Å². The number of anilines is 1. The molecule has 1 aromatic rings. The number of hydrogen-bond donors (Lipinski definition) is 5. The lowest BCUT2D eigenvalue weighted by atomic mass is 9.57. The second-order valence-electron chi connectivity index (χ2n) is 11.7. The Balaban J connectivity index is 1.81. The Kier molecular flexibility index (Phi) is 8.43. The van der Waals surface area contributed by atoms with E-state index in [1.807, 2.05) is 25.1 Å². The van der Waals surface area contributed by atoms with E-state index in [2.05, 4.69) is 4.74 Å². The molecule has 4 unspecified atom stereocenters. The number of phenols is 1. The number of aryl methyl sites for hydroxylation is 1. The molecule has 228 valence electrons. The predicted molar refractivity (Wildman–Crippen MR) is 153 cm³/mol. The normalized spacial score (nSPS) is 25.3. The number of aliphatic hydroxyl groups is 3. The van der Waals surface area contributed by atoms with Gasteiger partial charge in [0.05, 0.1) is 18.7 Å². The molecule has 4 rings (SSSR count). The van der Waals surface area contributed by atoms with E-state index in [1.54, 1.807) is 14.1 Å². The van der Waals surface area contributed by atoms with E-state index >= 15 is 0 Å². The maximum atomic E-state index is 14.1. The third-order valence-corrected chi connectivity index (χ3v) is 8.81. The first-order chi connectivity index (χ1) is 19.7. The van der Waals surface area contributed by atoms with Crippen LogP contribution in [0, 0.1) is 11.8 Å². The molecule has 0 saturated heterocycles. The summed E-state index contributed by atoms with van der Waals surface area (Å²) < 4.78 is 4.67. The zero-order valence-electron chi connectivity index (χ0n) is 24.6. The number of benzene rings is 1. The molecule has 0 bridgehead atoms. The lowest BCUT2D eigenvalue weighted by molar-refractivity contribution is -0.153. The number of aromatic hydroxyl groups is 1. The van der Waals surface area contributed by atoms with Crippen molar-refractivity contribution in [2.75, 3.05) is 40.2 Å². The molecule has 42 heavy (non-hydrogen) atoms. The molecule has 6 N–H and O–H groups in total. The van der Waals surface area contributed by atoms with Gasteiger partial charge in [0.25, 0.3) is 5.91 Å². The van der Waals surface area contributed by atoms with E-state index in [0.29, 0.717) is 36.8 Å². The lowest BCUT2D eigenvalue weighted by Gasteiger charge is -2.50. The number of aliphatic hydroxyl groups excluding tert-OH is 2. The van der Waals surface area contributed by atoms with Gasteiger partial charge in [-0.05, 0) is 69.3 Å². The van der Waals surface area contributed by atoms with Crippen LogP contribution in [0.15, 0.2) is 23.0 Å². The van der Waals surface area contributed by atoms with Gasteiger partial charge in [-0.1, -0.05) is 6.42 Å². The van der Waals surface area contributed by atoms with Gasteiger partial charge in [-0.15, -0.1) is 0 Å². The van der Waals surface area contributed by atoms with Gasteiger partial charge in [0.1, 0.15) is 22.8 Å². The van der Waals surface area contributed by atoms with Crippen molar-refractivity contribution in [3.8, 4) is 5.75 Å². The second-order valence-corrected chi connectivity index (χ2v) is 11.7. The molecule has 12 nitrogen and oxygen atoms in total. The highest BCUT2D eigenvalue weighted by Crippen LogP contribution is 2.54. The van der Waals surface area contributed by atoms with E-state index in [1.165, 1.54) is 12.0 Å². The summed E-state index contributed by atoms with van der Waals surface area (Å²) in [5.41, 5.74) is 3.62. The van der Waals surface area contributed by atoms with Crippen LogP contribution in [0.4, 0.5) is 5.69 Å². The number of phenolic OH excluding ortho intramolecular Hbond substituents is 1. The molecule has 0 radical (unpaired) electrons. The molecule has 1 amide bonds. The highest BCUT2D eigenvalue weighted by Gasteiger charge is 2.64. The average molecular weight is 586 g/mol. The van der Waals surface area contributed by atoms with E-state index < -0.39 is 58.0 Å². The molecule has 1 saturated carbocycles. The van der Waals surface area contributed by atoms with Crippen LogP contribution in [-0.2, 0) is 36.8 Å². The van der Waals surface area contributed by atoms with Crippen molar-refractivity contribution in [2.45, 2.75) is 56.6 Å². The van der Waals surface area contributed by atoms with Crippen molar-refractivity contribution in [2.24, 2.45) is 17.6 Å². The minimum absolute atomic E-state index is 0.0291. The third kappa shape index (κ3) is 4.82. The first-order valence-corrected chi connectivity index (χ1v) is 13.9. The number of ether oxygens (including phenoxy) is 1. The Labute approximate surface area is 244 Å². The summed E-state index contributed by atoms with van der Waals surface area (Å²) >= 11 is 0. The number of primary amides is 1. The minimum atomic E-state index is -2.68. The molecule has 0 aromatic heterocycles. The van der Waals surface area contributed by atoms with Gasteiger partial charge in [-0.2, -0.15) is 0 Å². The van der Waals surface area contributed by atoms with Gasteiger partial charge >= 0.3 is 5.97 Å². The number of unbranched alkanes of at least 4 members (excludes halogenated alkanes) is 2. The number of methoxy groups -OCH3 is 1. The minimum Gasteiger partial charge on any atom is -0.508 e. The van der Waals surface area contributed by atoms with Crippen LogP contribution in [-0.4, -0.2) is 95.7 Å². The second kappa shape index (κ2) is 11.4. The molecular weight excluding hydrogens is 546 g/mol. The molecule has 1 aromatic carbocycles. The Morgan fingerprint density at radius 3 is 2.33 bits per heavy atom. The molecule has 3 aliphatic carbocycles. The number of nitrogens with zero attached hydrogens (tertiary/aromatic N) is 2. The molecular formula is C30H39N3O9. The summed E-state index contributed by atoms with van der Waals surface area (Å²) in [5.74, 6) is -6.99. The van der Waals surface area contributed by atoms with Gasteiger partial charge in [0.2, 0.25) is 5.78 Å². The Bertz CT molecular complexity index is 1410. The third-order valence-electron chi connectivity index (χ3n) is 8.81. The van der Waals surface area contributed by atoms with E-state index in [9.17, 15) is 39.6 Å². The first kappa shape index (κ1) is 31.0. The summed E-state index contributed by atoms with van der Waals surface area (Å²) in [4.78, 5) is 54.2. The fraction of sp³-hybridized carbons (Fsp3) is 0.533. The van der Waals surface area contributed by atoms with Crippen molar-refractivity contribution in [3.05, 3.63) is 39.7 Å². The Morgan fingerprint density at radius 2 is 1.76 bits per heavy atom. The number of likely N-dealkylation sites (N-methyl/N-ethyl adjacent to an activating group) is 1. The number of rotatable bonds is 9. The van der Waals surface area contributed by atoms with Gasteiger partial charge in [-0.25, -0.2) is 0 Å². The predicted octanol–water partition coefficient (Wildman–Crippen LogP) is 1.31. The van der Waals surface area contributed by atoms with Crippen LogP contribution in [0.25, 0.3) is 5.76 Å². The van der Waals surface area contributed by atoms with E-state index in [4.69, 9.17) is 5.73 Å². The van der Waals surface area contributed by atoms with E-state index in [0.717, 1.165) is 5.69 Å². The summed E-state index contributed by atoms with van der Waals surface area (Å²) in [7, 11) is 8.10. The fourth-order valence-electron chi connectivity index (χ4n) is 6.80. The summed E-state index contributed by atoms with van der Waals surface area (Å²) in [6.07, 6.45) is 2.93. The SMILES string of the molecule is COC(=O)CCCCCc1cc(N(C)C)c2c(c1O)C(O)=C1C(=O)C3(O)C(O)=C(C(N)=O)C(=O)C(N(C)C)C3CC1C2. The van der Waals surface area contributed by atoms with Crippen LogP contribution in [0.2, 0.25) is 0 Å². The smallest absolute Gasteiger partial charge is 0.305 e. The number of fused-ring (bicyclic) bond motifs is 3.